The Balaban J connectivity index is 2.50. The number of anilines is 1. The monoisotopic (exact) mass is 212 g/mol. The van der Waals surface area contributed by atoms with Crippen LogP contribution < -0.4 is 5.73 Å². The van der Waals surface area contributed by atoms with Gasteiger partial charge in [-0.1, -0.05) is 0 Å². The number of aromatic nitrogens is 1. The minimum atomic E-state index is -1.07. The average molecular weight is 212 g/mol. The molecule has 1 aromatic rings. The van der Waals surface area contributed by atoms with Gasteiger partial charge in [0.05, 0.1) is 18.5 Å². The molecule has 1 aromatic heterocycles. The molecule has 0 radical (unpaired) electrons. The van der Waals surface area contributed by atoms with Crippen molar-refractivity contribution in [3.8, 4) is 0 Å². The smallest absolute Gasteiger partial charge is 0.357 e. The number of aliphatic hydroxyl groups is 2. The van der Waals surface area contributed by atoms with Crippen molar-refractivity contribution >= 4 is 11.7 Å². The minimum absolute atomic E-state index is 0.106. The lowest BCUT2D eigenvalue weighted by Crippen LogP contribution is -2.22. The zero-order valence-electron chi connectivity index (χ0n) is 7.96. The molecule has 0 saturated heterocycles. The fourth-order valence-corrected chi connectivity index (χ4v) is 0.825. The third kappa shape index (κ3) is 3.53. The fourth-order valence-electron chi connectivity index (χ4n) is 0.825. The molecular formula is C9H12N2O4. The Morgan fingerprint density at radius 2 is 2.33 bits per heavy atom. The Hall–Kier alpha value is -1.66. The van der Waals surface area contributed by atoms with Gasteiger partial charge in [0.1, 0.15) is 18.4 Å². The predicted molar refractivity (Wildman–Crippen MR) is 52.0 cm³/mol. The molecule has 6 heteroatoms. The Bertz CT molecular complexity index is 325. The van der Waals surface area contributed by atoms with Crippen LogP contribution in [0.15, 0.2) is 18.3 Å². The molecule has 6 nitrogen and oxygen atoms in total. The molecule has 15 heavy (non-hydrogen) atoms. The number of carbonyl (C=O) groups is 1. The van der Waals surface area contributed by atoms with Gasteiger partial charge in [-0.05, 0) is 12.1 Å². The first-order valence-electron chi connectivity index (χ1n) is 4.31. The molecule has 0 aromatic carbocycles. The van der Waals surface area contributed by atoms with Gasteiger partial charge in [0, 0.05) is 0 Å². The van der Waals surface area contributed by atoms with Crippen LogP contribution >= 0.6 is 0 Å². The van der Waals surface area contributed by atoms with Gasteiger partial charge >= 0.3 is 5.97 Å². The predicted octanol–water partition coefficient (Wildman–Crippen LogP) is -0.826. The SMILES string of the molecule is Nc1ccc(C(=O)OCC(O)CO)nc1. The van der Waals surface area contributed by atoms with E-state index in [1.807, 2.05) is 0 Å². The average Bonchev–Trinajstić information content (AvgIpc) is 2.26. The second-order valence-electron chi connectivity index (χ2n) is 2.91. The molecule has 1 atom stereocenters. The Kier molecular flexibility index (Phi) is 4.02. The number of pyridine rings is 1. The summed E-state index contributed by atoms with van der Waals surface area (Å²) in [4.78, 5) is 15.0. The van der Waals surface area contributed by atoms with Crippen molar-refractivity contribution < 1.29 is 19.7 Å². The zero-order valence-corrected chi connectivity index (χ0v) is 7.96. The van der Waals surface area contributed by atoms with Crippen LogP contribution in [0.25, 0.3) is 0 Å². The van der Waals surface area contributed by atoms with E-state index in [2.05, 4.69) is 9.72 Å². The topological polar surface area (TPSA) is 106 Å². The number of esters is 1. The van der Waals surface area contributed by atoms with Gasteiger partial charge in [0.2, 0.25) is 0 Å². The zero-order chi connectivity index (χ0) is 11.3. The maximum Gasteiger partial charge on any atom is 0.357 e. The van der Waals surface area contributed by atoms with Gasteiger partial charge in [-0.15, -0.1) is 0 Å². The summed E-state index contributed by atoms with van der Waals surface area (Å²) < 4.78 is 4.67. The number of nitrogens with two attached hydrogens (primary N) is 1. The highest BCUT2D eigenvalue weighted by Crippen LogP contribution is 2.02. The number of carbonyl (C=O) groups excluding carboxylic acids is 1. The highest BCUT2D eigenvalue weighted by Gasteiger charge is 2.10. The fraction of sp³-hybridized carbons (Fsp3) is 0.333. The molecule has 0 spiro atoms. The summed E-state index contributed by atoms with van der Waals surface area (Å²) in [5.41, 5.74) is 5.93. The second-order valence-corrected chi connectivity index (χ2v) is 2.91. The van der Waals surface area contributed by atoms with Crippen LogP contribution in [0.3, 0.4) is 0 Å². The van der Waals surface area contributed by atoms with Crippen molar-refractivity contribution in [3.05, 3.63) is 24.0 Å². The lowest BCUT2D eigenvalue weighted by atomic mass is 10.3. The summed E-state index contributed by atoms with van der Waals surface area (Å²) in [5, 5.41) is 17.4. The largest absolute Gasteiger partial charge is 0.458 e. The van der Waals surface area contributed by atoms with Crippen LogP contribution in [0.2, 0.25) is 0 Å². The van der Waals surface area contributed by atoms with E-state index in [-0.39, 0.29) is 12.3 Å². The van der Waals surface area contributed by atoms with Crippen molar-refractivity contribution in [2.45, 2.75) is 6.10 Å². The van der Waals surface area contributed by atoms with Gasteiger partial charge in [0.25, 0.3) is 0 Å². The third-order valence-electron chi connectivity index (χ3n) is 1.61. The molecule has 0 fully saturated rings. The van der Waals surface area contributed by atoms with E-state index in [0.29, 0.717) is 5.69 Å². The quantitative estimate of drug-likeness (QED) is 0.563. The van der Waals surface area contributed by atoms with Crippen LogP contribution in [0.5, 0.6) is 0 Å². The van der Waals surface area contributed by atoms with Gasteiger partial charge in [-0.3, -0.25) is 0 Å². The number of rotatable bonds is 4. The number of ether oxygens (including phenoxy) is 1. The summed E-state index contributed by atoms with van der Waals surface area (Å²) in [5.74, 6) is -0.664. The first kappa shape index (κ1) is 11.4. The molecule has 1 rings (SSSR count). The lowest BCUT2D eigenvalue weighted by molar-refractivity contribution is 0.00889. The molecule has 0 aliphatic carbocycles. The Morgan fingerprint density at radius 1 is 1.60 bits per heavy atom. The second kappa shape index (κ2) is 5.28. The molecule has 1 heterocycles. The van der Waals surface area contributed by atoms with Crippen molar-refractivity contribution in [2.75, 3.05) is 18.9 Å². The van der Waals surface area contributed by atoms with E-state index in [1.54, 1.807) is 0 Å². The molecule has 82 valence electrons. The van der Waals surface area contributed by atoms with Crippen LogP contribution in [-0.2, 0) is 4.74 Å². The summed E-state index contributed by atoms with van der Waals surface area (Å²) in [6.07, 6.45) is 0.265. The maximum atomic E-state index is 11.3. The first-order chi connectivity index (χ1) is 7.13. The first-order valence-corrected chi connectivity index (χ1v) is 4.31. The summed E-state index contributed by atoms with van der Waals surface area (Å²) in [6, 6.07) is 2.94. The number of nitrogen functional groups attached to an aromatic ring is 1. The van der Waals surface area contributed by atoms with Crippen LogP contribution in [0.1, 0.15) is 10.5 Å². The van der Waals surface area contributed by atoms with Gasteiger partial charge in [-0.2, -0.15) is 0 Å². The van der Waals surface area contributed by atoms with E-state index in [0.717, 1.165) is 0 Å². The minimum Gasteiger partial charge on any atom is -0.458 e. The normalized spacial score (nSPS) is 12.1. The van der Waals surface area contributed by atoms with E-state index in [9.17, 15) is 4.79 Å². The Labute approximate surface area is 86.3 Å². The van der Waals surface area contributed by atoms with E-state index in [4.69, 9.17) is 15.9 Å². The molecule has 1 unspecified atom stereocenters. The summed E-state index contributed by atoms with van der Waals surface area (Å²) in [7, 11) is 0. The molecule has 0 aliphatic rings. The molecule has 4 N–H and O–H groups in total. The van der Waals surface area contributed by atoms with Gasteiger partial charge in [0.15, 0.2) is 0 Å². The van der Waals surface area contributed by atoms with E-state index in [1.165, 1.54) is 18.3 Å². The van der Waals surface area contributed by atoms with Crippen LogP contribution in [0.4, 0.5) is 5.69 Å². The van der Waals surface area contributed by atoms with Crippen molar-refractivity contribution in [2.24, 2.45) is 0 Å². The Morgan fingerprint density at radius 3 is 2.87 bits per heavy atom. The van der Waals surface area contributed by atoms with Gasteiger partial charge < -0.3 is 20.7 Å². The number of hydrogen-bond acceptors (Lipinski definition) is 6. The van der Waals surface area contributed by atoms with Gasteiger partial charge in [-0.25, -0.2) is 9.78 Å². The molecular weight excluding hydrogens is 200 g/mol. The van der Waals surface area contributed by atoms with Crippen LogP contribution in [0, 0.1) is 0 Å². The van der Waals surface area contributed by atoms with E-state index < -0.39 is 18.7 Å². The van der Waals surface area contributed by atoms with Crippen molar-refractivity contribution in [1.29, 1.82) is 0 Å². The number of aliphatic hydroxyl groups excluding tert-OH is 2. The number of hydrogen-bond donors (Lipinski definition) is 3. The standard InChI is InChI=1S/C9H12N2O4/c10-6-1-2-8(11-3-6)9(14)15-5-7(13)4-12/h1-3,7,12-13H,4-5,10H2. The van der Waals surface area contributed by atoms with Crippen molar-refractivity contribution in [3.63, 3.8) is 0 Å². The third-order valence-corrected chi connectivity index (χ3v) is 1.61. The summed E-state index contributed by atoms with van der Waals surface area (Å²) >= 11 is 0. The maximum absolute atomic E-state index is 11.3. The summed E-state index contributed by atoms with van der Waals surface area (Å²) in [6.45, 7) is -0.718. The molecule has 0 saturated carbocycles. The molecule has 0 amide bonds. The van der Waals surface area contributed by atoms with Crippen LogP contribution in [-0.4, -0.2) is 40.5 Å². The highest BCUT2D eigenvalue weighted by molar-refractivity contribution is 5.87. The molecule has 0 aliphatic heterocycles. The van der Waals surface area contributed by atoms with E-state index >= 15 is 0 Å². The highest BCUT2D eigenvalue weighted by atomic mass is 16.5. The van der Waals surface area contributed by atoms with Crippen molar-refractivity contribution in [1.82, 2.24) is 4.98 Å². The lowest BCUT2D eigenvalue weighted by Gasteiger charge is -2.07. The number of nitrogens with zero attached hydrogens (tertiary/aromatic N) is 1. The molecule has 0 bridgehead atoms.